The maximum absolute atomic E-state index is 13.6. The van der Waals surface area contributed by atoms with Crippen molar-refractivity contribution >= 4 is 47.0 Å². The van der Waals surface area contributed by atoms with E-state index in [4.69, 9.17) is 22.2 Å². The van der Waals surface area contributed by atoms with Crippen LogP contribution in [0.2, 0.25) is 0 Å². The van der Waals surface area contributed by atoms with Crippen molar-refractivity contribution in [2.75, 3.05) is 29.4 Å². The van der Waals surface area contributed by atoms with Gasteiger partial charge in [-0.15, -0.1) is 12.4 Å². The van der Waals surface area contributed by atoms with Crippen LogP contribution in [0.5, 0.6) is 5.88 Å². The van der Waals surface area contributed by atoms with Gasteiger partial charge in [-0.3, -0.25) is 14.6 Å². The van der Waals surface area contributed by atoms with E-state index >= 15 is 0 Å². The first kappa shape index (κ1) is 30.7. The lowest BCUT2D eigenvalue weighted by atomic mass is 9.75. The van der Waals surface area contributed by atoms with Gasteiger partial charge in [-0.05, 0) is 56.5 Å². The van der Waals surface area contributed by atoms with Gasteiger partial charge >= 0.3 is 12.4 Å². The SMILES string of the molecule is Cl.N#Cc1ncc(N2C(=O)C3(CCC3)N(c3ccc(OC4CCN(CC(F)(F)F)CC4)nc3)C2=S)cc1C(F)(F)F. The molecule has 1 spiro atoms. The van der Waals surface area contributed by atoms with Gasteiger partial charge in [-0.1, -0.05) is 0 Å². The van der Waals surface area contributed by atoms with Gasteiger partial charge in [0.25, 0.3) is 5.91 Å². The van der Waals surface area contributed by atoms with Crippen LogP contribution < -0.4 is 14.5 Å². The van der Waals surface area contributed by atoms with Crippen molar-refractivity contribution in [3.63, 3.8) is 0 Å². The van der Waals surface area contributed by atoms with Crippen molar-refractivity contribution in [2.45, 2.75) is 56.1 Å². The predicted octanol–water partition coefficient (Wildman–Crippen LogP) is 5.26. The van der Waals surface area contributed by atoms with Crippen LogP contribution in [-0.2, 0) is 11.0 Å². The van der Waals surface area contributed by atoms with Crippen molar-refractivity contribution in [1.29, 1.82) is 5.26 Å². The fourth-order valence-electron chi connectivity index (χ4n) is 5.27. The summed E-state index contributed by atoms with van der Waals surface area (Å²) in [5, 5.41) is 9.01. The molecular formula is C25H23ClF6N6O2S. The maximum atomic E-state index is 13.6. The van der Waals surface area contributed by atoms with Gasteiger partial charge in [0.05, 0.1) is 35.9 Å². The summed E-state index contributed by atoms with van der Waals surface area (Å²) in [7, 11) is 0. The van der Waals surface area contributed by atoms with E-state index in [1.165, 1.54) is 17.2 Å². The van der Waals surface area contributed by atoms with E-state index in [-0.39, 0.29) is 48.3 Å². The Kier molecular flexibility index (Phi) is 8.41. The highest BCUT2D eigenvalue weighted by Gasteiger charge is 2.60. The molecule has 2 saturated heterocycles. The molecule has 16 heteroatoms. The molecule has 0 N–H and O–H groups in total. The van der Waals surface area contributed by atoms with Crippen LogP contribution in [0, 0.1) is 11.3 Å². The van der Waals surface area contributed by atoms with Crippen LogP contribution in [0.4, 0.5) is 37.7 Å². The minimum Gasteiger partial charge on any atom is -0.474 e. The summed E-state index contributed by atoms with van der Waals surface area (Å²) in [5.74, 6) is -0.241. The van der Waals surface area contributed by atoms with Crippen LogP contribution in [0.15, 0.2) is 30.6 Å². The predicted molar refractivity (Wildman–Crippen MR) is 141 cm³/mol. The fourth-order valence-corrected chi connectivity index (χ4v) is 5.74. The molecule has 0 radical (unpaired) electrons. The van der Waals surface area contributed by atoms with Gasteiger partial charge in [-0.25, -0.2) is 9.97 Å². The first-order valence-corrected chi connectivity index (χ1v) is 12.8. The second kappa shape index (κ2) is 11.2. The third kappa shape index (κ3) is 5.91. The number of carbonyl (C=O) groups is 1. The molecule has 4 heterocycles. The van der Waals surface area contributed by atoms with Crippen molar-refractivity contribution in [2.24, 2.45) is 0 Å². The Balaban J connectivity index is 0.00000387. The third-order valence-electron chi connectivity index (χ3n) is 7.34. The summed E-state index contributed by atoms with van der Waals surface area (Å²) in [6.07, 6.45) is -4.61. The zero-order valence-electron chi connectivity index (χ0n) is 21.2. The number of thiocarbonyl (C=S) groups is 1. The molecule has 1 amide bonds. The lowest BCUT2D eigenvalue weighted by molar-refractivity contribution is -0.149. The summed E-state index contributed by atoms with van der Waals surface area (Å²) >= 11 is 5.58. The Labute approximate surface area is 242 Å². The minimum absolute atomic E-state index is 0. The average molecular weight is 621 g/mol. The second-order valence-corrected chi connectivity index (χ2v) is 10.3. The number of amides is 1. The van der Waals surface area contributed by atoms with Gasteiger partial charge in [0.2, 0.25) is 5.88 Å². The molecule has 41 heavy (non-hydrogen) atoms. The molecule has 3 fully saturated rings. The van der Waals surface area contributed by atoms with Gasteiger partial charge in [0.15, 0.2) is 10.8 Å². The molecule has 8 nitrogen and oxygen atoms in total. The van der Waals surface area contributed by atoms with Gasteiger partial charge < -0.3 is 9.64 Å². The number of nitrogens with zero attached hydrogens (tertiary/aromatic N) is 6. The van der Waals surface area contributed by atoms with Crippen molar-refractivity contribution in [3.05, 3.63) is 41.9 Å². The Morgan fingerprint density at radius 2 is 1.73 bits per heavy atom. The van der Waals surface area contributed by atoms with E-state index in [9.17, 15) is 31.1 Å². The Morgan fingerprint density at radius 1 is 1.07 bits per heavy atom. The number of rotatable bonds is 5. The Bertz CT molecular complexity index is 1350. The molecule has 0 aromatic carbocycles. The van der Waals surface area contributed by atoms with Crippen molar-refractivity contribution < 1.29 is 35.9 Å². The first-order chi connectivity index (χ1) is 18.8. The molecule has 220 valence electrons. The topological polar surface area (TPSA) is 85.6 Å². The Morgan fingerprint density at radius 3 is 2.24 bits per heavy atom. The molecule has 3 aliphatic rings. The van der Waals surface area contributed by atoms with Crippen LogP contribution >= 0.6 is 24.6 Å². The quantitative estimate of drug-likeness (QED) is 0.331. The average Bonchev–Trinajstić information content (AvgIpc) is 3.10. The number of piperidine rings is 1. The molecule has 2 aromatic heterocycles. The molecule has 1 saturated carbocycles. The number of hydrogen-bond acceptors (Lipinski definition) is 7. The Hall–Kier alpha value is -3.22. The standard InChI is InChI=1S/C25H22F6N6O2S.ClH/c26-24(27,28)14-35-8-4-17(5-9-35)39-20-3-2-15(12-34-20)37-22(40)36(21(38)23(37)6-1-7-23)16-10-18(25(29,30)31)19(11-32)33-13-16;/h2-3,10,12-13,17H,1,4-9,14H2;1H. The normalized spacial score (nSPS) is 19.6. The summed E-state index contributed by atoms with van der Waals surface area (Å²) in [6.45, 7) is -0.480. The molecule has 2 aliphatic heterocycles. The highest BCUT2D eigenvalue weighted by Crippen LogP contribution is 2.48. The van der Waals surface area contributed by atoms with Crippen LogP contribution in [0.3, 0.4) is 0 Å². The smallest absolute Gasteiger partial charge is 0.419 e. The first-order valence-electron chi connectivity index (χ1n) is 12.4. The number of alkyl halides is 6. The third-order valence-corrected chi connectivity index (χ3v) is 7.70. The number of aromatic nitrogens is 2. The van der Waals surface area contributed by atoms with Crippen LogP contribution in [0.1, 0.15) is 43.4 Å². The number of nitriles is 1. The lowest BCUT2D eigenvalue weighted by Crippen LogP contribution is -2.55. The number of halogens is 7. The number of ether oxygens (including phenoxy) is 1. The zero-order valence-corrected chi connectivity index (χ0v) is 22.8. The number of pyridine rings is 2. The van der Waals surface area contributed by atoms with Gasteiger partial charge in [-0.2, -0.15) is 31.6 Å². The van der Waals surface area contributed by atoms with E-state index in [2.05, 4.69) is 9.97 Å². The van der Waals surface area contributed by atoms with Crippen molar-refractivity contribution in [1.82, 2.24) is 14.9 Å². The maximum Gasteiger partial charge on any atom is 0.419 e. The molecule has 1 aliphatic carbocycles. The zero-order chi connectivity index (χ0) is 28.9. The summed E-state index contributed by atoms with van der Waals surface area (Å²) in [4.78, 5) is 25.4. The summed E-state index contributed by atoms with van der Waals surface area (Å²) in [6, 6.07) is 5.30. The fraction of sp³-hybridized carbons (Fsp3) is 0.480. The van der Waals surface area contributed by atoms with E-state index < -0.39 is 41.6 Å². The van der Waals surface area contributed by atoms with Crippen LogP contribution in [0.25, 0.3) is 0 Å². The summed E-state index contributed by atoms with van der Waals surface area (Å²) < 4.78 is 84.4. The van der Waals surface area contributed by atoms with E-state index in [1.807, 2.05) is 0 Å². The molecule has 0 atom stereocenters. The number of carbonyl (C=O) groups excluding carboxylic acids is 1. The van der Waals surface area contributed by atoms with Gasteiger partial charge in [0.1, 0.15) is 17.7 Å². The molecular weight excluding hydrogens is 598 g/mol. The largest absolute Gasteiger partial charge is 0.474 e. The minimum atomic E-state index is -4.86. The second-order valence-electron chi connectivity index (χ2n) is 9.91. The number of anilines is 2. The molecule has 2 aromatic rings. The van der Waals surface area contributed by atoms with Gasteiger partial charge in [0, 0.05) is 19.2 Å². The van der Waals surface area contributed by atoms with E-state index in [1.54, 1.807) is 17.0 Å². The summed E-state index contributed by atoms with van der Waals surface area (Å²) in [5.41, 5.74) is -2.92. The highest BCUT2D eigenvalue weighted by atomic mass is 35.5. The lowest BCUT2D eigenvalue weighted by Gasteiger charge is -2.42. The molecule has 0 bridgehead atoms. The van der Waals surface area contributed by atoms with Crippen molar-refractivity contribution in [3.8, 4) is 11.9 Å². The molecule has 5 rings (SSSR count). The number of hydrogen-bond donors (Lipinski definition) is 0. The number of likely N-dealkylation sites (tertiary alicyclic amines) is 1. The molecule has 0 unspecified atom stereocenters. The van der Waals surface area contributed by atoms with Crippen LogP contribution in [-0.4, -0.2) is 63.3 Å². The van der Waals surface area contributed by atoms with E-state index in [0.29, 0.717) is 43.9 Å². The van der Waals surface area contributed by atoms with E-state index in [0.717, 1.165) is 11.1 Å². The monoisotopic (exact) mass is 620 g/mol. The highest BCUT2D eigenvalue weighted by molar-refractivity contribution is 7.81.